The van der Waals surface area contributed by atoms with Gasteiger partial charge in [0.2, 0.25) is 5.95 Å². The lowest BCUT2D eigenvalue weighted by Gasteiger charge is -2.40. The molecule has 0 aromatic carbocycles. The Bertz CT molecular complexity index is 966. The van der Waals surface area contributed by atoms with Crippen molar-refractivity contribution in [3.8, 4) is 0 Å². The Kier molecular flexibility index (Phi) is 5.53. The smallest absolute Gasteiger partial charge is 0.257 e. The van der Waals surface area contributed by atoms with Crippen molar-refractivity contribution in [2.24, 2.45) is 0 Å². The summed E-state index contributed by atoms with van der Waals surface area (Å²) in [6.07, 6.45) is 6.46. The average Bonchev–Trinajstić information content (AvgIpc) is 2.75. The number of hydrogen-bond donors (Lipinski definition) is 1. The van der Waals surface area contributed by atoms with E-state index in [1.54, 1.807) is 24.5 Å². The highest BCUT2D eigenvalue weighted by Crippen LogP contribution is 2.20. The summed E-state index contributed by atoms with van der Waals surface area (Å²) in [5.41, 5.74) is 0.936. The molecule has 0 unspecified atom stereocenters. The maximum absolute atomic E-state index is 12.3. The van der Waals surface area contributed by atoms with Gasteiger partial charge in [-0.15, -0.1) is 0 Å². The molecule has 1 N–H and O–H groups in total. The number of piperazine rings is 1. The highest BCUT2D eigenvalue weighted by atomic mass is 35.5. The van der Waals surface area contributed by atoms with E-state index >= 15 is 0 Å². The third-order valence-corrected chi connectivity index (χ3v) is 4.97. The van der Waals surface area contributed by atoms with Gasteiger partial charge >= 0.3 is 0 Å². The molecule has 1 amide bonds. The van der Waals surface area contributed by atoms with E-state index in [0.717, 1.165) is 25.5 Å². The van der Waals surface area contributed by atoms with Gasteiger partial charge in [0.1, 0.15) is 11.0 Å². The first kappa shape index (κ1) is 19.1. The van der Waals surface area contributed by atoms with E-state index in [2.05, 4.69) is 42.0 Å². The van der Waals surface area contributed by atoms with Gasteiger partial charge in [0.05, 0.1) is 23.6 Å². The zero-order chi connectivity index (χ0) is 20.2. The molecule has 9 heteroatoms. The van der Waals surface area contributed by atoms with Crippen molar-refractivity contribution in [1.82, 2.24) is 19.9 Å². The van der Waals surface area contributed by atoms with Crippen molar-refractivity contribution in [3.05, 3.63) is 65.8 Å². The second-order valence-electron chi connectivity index (χ2n) is 6.77. The summed E-state index contributed by atoms with van der Waals surface area (Å²) in [6.45, 7) is 4.61. The third-order valence-electron chi connectivity index (χ3n) is 4.74. The molecule has 0 radical (unpaired) electrons. The Hall–Kier alpha value is -3.26. The molecule has 1 fully saturated rings. The summed E-state index contributed by atoms with van der Waals surface area (Å²) in [5.74, 6) is 1.34. The zero-order valence-electron chi connectivity index (χ0n) is 15.9. The Morgan fingerprint density at radius 3 is 2.55 bits per heavy atom. The van der Waals surface area contributed by atoms with Crippen molar-refractivity contribution in [1.29, 1.82) is 0 Å². The second kappa shape index (κ2) is 8.40. The minimum atomic E-state index is -0.289. The molecule has 4 rings (SSSR count). The first-order valence-electron chi connectivity index (χ1n) is 9.28. The normalized spacial score (nSPS) is 16.6. The van der Waals surface area contributed by atoms with E-state index in [9.17, 15) is 4.79 Å². The molecule has 1 aliphatic rings. The predicted octanol–water partition coefficient (Wildman–Crippen LogP) is 2.89. The van der Waals surface area contributed by atoms with E-state index in [4.69, 9.17) is 11.6 Å². The van der Waals surface area contributed by atoms with Gasteiger partial charge in [-0.2, -0.15) is 0 Å². The fourth-order valence-corrected chi connectivity index (χ4v) is 3.36. The average molecular weight is 410 g/mol. The van der Waals surface area contributed by atoms with Crippen LogP contribution in [0.1, 0.15) is 17.3 Å². The molecule has 1 aliphatic heterocycles. The van der Waals surface area contributed by atoms with Gasteiger partial charge in [-0.05, 0) is 31.2 Å². The first-order valence-corrected chi connectivity index (χ1v) is 9.65. The van der Waals surface area contributed by atoms with Crippen LogP contribution in [0.25, 0.3) is 0 Å². The number of carbonyl (C=O) groups excluding carboxylic acids is 1. The van der Waals surface area contributed by atoms with Crippen molar-refractivity contribution >= 4 is 35.0 Å². The molecule has 8 nitrogen and oxygen atoms in total. The van der Waals surface area contributed by atoms with Crippen LogP contribution in [0.15, 0.2) is 55.1 Å². The van der Waals surface area contributed by atoms with Crippen molar-refractivity contribution in [2.45, 2.75) is 13.0 Å². The highest BCUT2D eigenvalue weighted by Gasteiger charge is 2.26. The van der Waals surface area contributed by atoms with E-state index in [1.807, 2.05) is 24.4 Å². The summed E-state index contributed by atoms with van der Waals surface area (Å²) in [6, 6.07) is 9.35. The van der Waals surface area contributed by atoms with Crippen molar-refractivity contribution in [3.63, 3.8) is 0 Å². The third kappa shape index (κ3) is 4.43. The van der Waals surface area contributed by atoms with Crippen LogP contribution in [0.3, 0.4) is 0 Å². The number of amides is 1. The summed E-state index contributed by atoms with van der Waals surface area (Å²) < 4.78 is 0. The summed E-state index contributed by atoms with van der Waals surface area (Å²) in [5, 5.41) is 3.10. The molecular weight excluding hydrogens is 390 g/mol. The van der Waals surface area contributed by atoms with Crippen LogP contribution in [-0.2, 0) is 0 Å². The standard InChI is InChI=1S/C20H20ClN7O/c1-14-13-27(18-4-2-3-7-22-18)8-9-28(14)20-24-11-16(12-25-20)26-19(29)15-5-6-17(21)23-10-15/h2-7,10-12,14H,8-9,13H2,1H3,(H,26,29)/t14-/m0/s1. The molecule has 0 aliphatic carbocycles. The lowest BCUT2D eigenvalue weighted by atomic mass is 10.2. The second-order valence-corrected chi connectivity index (χ2v) is 7.16. The fourth-order valence-electron chi connectivity index (χ4n) is 3.25. The van der Waals surface area contributed by atoms with Crippen molar-refractivity contribution < 1.29 is 4.79 Å². The van der Waals surface area contributed by atoms with Crippen LogP contribution in [0.4, 0.5) is 17.5 Å². The van der Waals surface area contributed by atoms with E-state index in [1.165, 1.54) is 6.20 Å². The molecule has 0 bridgehead atoms. The molecule has 3 aromatic rings. The first-order chi connectivity index (χ1) is 14.1. The summed E-state index contributed by atoms with van der Waals surface area (Å²) in [7, 11) is 0. The topological polar surface area (TPSA) is 87.1 Å². The van der Waals surface area contributed by atoms with Crippen LogP contribution in [0.2, 0.25) is 5.15 Å². The number of halogens is 1. The Labute approximate surface area is 173 Å². The zero-order valence-corrected chi connectivity index (χ0v) is 16.6. The molecule has 0 saturated carbocycles. The van der Waals surface area contributed by atoms with E-state index < -0.39 is 0 Å². The van der Waals surface area contributed by atoms with Gasteiger partial charge in [0.15, 0.2) is 0 Å². The predicted molar refractivity (Wildman–Crippen MR) is 112 cm³/mol. The van der Waals surface area contributed by atoms with Gasteiger partial charge in [-0.3, -0.25) is 4.79 Å². The van der Waals surface area contributed by atoms with Crippen LogP contribution in [-0.4, -0.2) is 51.5 Å². The number of carbonyl (C=O) groups is 1. The minimum absolute atomic E-state index is 0.228. The quantitative estimate of drug-likeness (QED) is 0.663. The molecular formula is C20H20ClN7O. The molecule has 0 spiro atoms. The Morgan fingerprint density at radius 2 is 1.90 bits per heavy atom. The monoisotopic (exact) mass is 409 g/mol. The summed E-state index contributed by atoms with van der Waals surface area (Å²) >= 11 is 5.75. The van der Waals surface area contributed by atoms with Crippen molar-refractivity contribution in [2.75, 3.05) is 34.8 Å². The van der Waals surface area contributed by atoms with E-state index in [-0.39, 0.29) is 11.9 Å². The van der Waals surface area contributed by atoms with Gasteiger partial charge in [-0.25, -0.2) is 19.9 Å². The van der Waals surface area contributed by atoms with Gasteiger partial charge < -0.3 is 15.1 Å². The largest absolute Gasteiger partial charge is 0.353 e. The van der Waals surface area contributed by atoms with Gasteiger partial charge in [0, 0.05) is 38.1 Å². The van der Waals surface area contributed by atoms with Crippen LogP contribution in [0.5, 0.6) is 0 Å². The van der Waals surface area contributed by atoms with Crippen LogP contribution < -0.4 is 15.1 Å². The number of nitrogens with zero attached hydrogens (tertiary/aromatic N) is 6. The number of nitrogens with one attached hydrogen (secondary N) is 1. The number of anilines is 3. The minimum Gasteiger partial charge on any atom is -0.353 e. The molecule has 148 valence electrons. The SMILES string of the molecule is C[C@H]1CN(c2ccccn2)CCN1c1ncc(NC(=O)c2ccc(Cl)nc2)cn1. The van der Waals surface area contributed by atoms with Gasteiger partial charge in [0.25, 0.3) is 5.91 Å². The lowest BCUT2D eigenvalue weighted by Crippen LogP contribution is -2.53. The highest BCUT2D eigenvalue weighted by molar-refractivity contribution is 6.29. The molecule has 29 heavy (non-hydrogen) atoms. The molecule has 3 aromatic heterocycles. The Morgan fingerprint density at radius 1 is 1.07 bits per heavy atom. The van der Waals surface area contributed by atoms with E-state index in [0.29, 0.717) is 22.4 Å². The van der Waals surface area contributed by atoms with Crippen LogP contribution >= 0.6 is 11.6 Å². The molecule has 4 heterocycles. The summed E-state index contributed by atoms with van der Waals surface area (Å²) in [4.78, 5) is 33.9. The Balaban J connectivity index is 1.39. The molecule has 1 saturated heterocycles. The number of hydrogen-bond acceptors (Lipinski definition) is 7. The fraction of sp³-hybridized carbons (Fsp3) is 0.250. The number of aromatic nitrogens is 4. The maximum atomic E-state index is 12.3. The molecule has 1 atom stereocenters. The lowest BCUT2D eigenvalue weighted by molar-refractivity contribution is 0.102. The number of rotatable bonds is 4. The maximum Gasteiger partial charge on any atom is 0.257 e. The number of pyridine rings is 2. The van der Waals surface area contributed by atoms with Gasteiger partial charge in [-0.1, -0.05) is 17.7 Å². The van der Waals surface area contributed by atoms with Crippen LogP contribution in [0, 0.1) is 0 Å².